The van der Waals surface area contributed by atoms with Crippen LogP contribution in [0.5, 0.6) is 0 Å². The first kappa shape index (κ1) is 13.4. The van der Waals surface area contributed by atoms with E-state index in [0.717, 1.165) is 18.5 Å². The number of piperidine rings is 1. The van der Waals surface area contributed by atoms with Crippen LogP contribution in [-0.4, -0.2) is 11.3 Å². The van der Waals surface area contributed by atoms with E-state index in [-0.39, 0.29) is 23.5 Å². The molecule has 3 rings (SSSR count). The second-order valence-corrected chi connectivity index (χ2v) is 5.33. The lowest BCUT2D eigenvalue weighted by Gasteiger charge is -2.30. The summed E-state index contributed by atoms with van der Waals surface area (Å²) >= 11 is 6.09. The van der Waals surface area contributed by atoms with Crippen molar-refractivity contribution < 1.29 is 8.91 Å². The minimum Gasteiger partial charge on any atom is -0.384 e. The topological polar surface area (TPSA) is 47.2 Å². The Morgan fingerprint density at radius 3 is 2.95 bits per heavy atom. The zero-order chi connectivity index (χ0) is 14.1. The Kier molecular flexibility index (Phi) is 3.63. The Hall–Kier alpha value is -1.59. The SMILES string of the molecule is O=c1ccon1[C@H]1CCN[C@@H](c2ccc(F)cc2Cl)C1. The highest BCUT2D eigenvalue weighted by molar-refractivity contribution is 6.31. The van der Waals surface area contributed by atoms with Crippen LogP contribution in [0.4, 0.5) is 4.39 Å². The van der Waals surface area contributed by atoms with Crippen LogP contribution >= 0.6 is 11.6 Å². The van der Waals surface area contributed by atoms with E-state index in [1.54, 1.807) is 6.07 Å². The lowest BCUT2D eigenvalue weighted by molar-refractivity contribution is 0.161. The first-order chi connectivity index (χ1) is 9.65. The van der Waals surface area contributed by atoms with Crippen molar-refractivity contribution in [1.82, 2.24) is 10.1 Å². The Balaban J connectivity index is 1.85. The number of benzene rings is 1. The predicted octanol–water partition coefficient (Wildman–Crippen LogP) is 2.90. The summed E-state index contributed by atoms with van der Waals surface area (Å²) in [6.45, 7) is 0.746. The lowest BCUT2D eigenvalue weighted by atomic mass is 9.94. The van der Waals surface area contributed by atoms with E-state index >= 15 is 0 Å². The molecule has 4 nitrogen and oxygen atoms in total. The van der Waals surface area contributed by atoms with Crippen molar-refractivity contribution in [3.8, 4) is 0 Å². The van der Waals surface area contributed by atoms with Crippen LogP contribution in [0.15, 0.2) is 39.8 Å². The lowest BCUT2D eigenvalue weighted by Crippen LogP contribution is -2.35. The van der Waals surface area contributed by atoms with Gasteiger partial charge >= 0.3 is 0 Å². The fraction of sp³-hybridized carbons (Fsp3) is 0.357. The standard InChI is InChI=1S/C14H14ClFN2O2/c15-12-7-9(16)1-2-11(12)13-8-10(3-5-17-13)18-14(19)4-6-20-18/h1-2,4,6-7,10,13,17H,3,5,8H2/t10-,13+/m0/s1. The number of hydrogen-bond donors (Lipinski definition) is 1. The molecular weight excluding hydrogens is 283 g/mol. The van der Waals surface area contributed by atoms with Gasteiger partial charge in [0.25, 0.3) is 5.56 Å². The van der Waals surface area contributed by atoms with Gasteiger partial charge in [-0.05, 0) is 37.1 Å². The number of aromatic nitrogens is 1. The summed E-state index contributed by atoms with van der Waals surface area (Å²) in [6, 6.07) is 5.76. The molecule has 106 valence electrons. The van der Waals surface area contributed by atoms with Gasteiger partial charge in [-0.2, -0.15) is 4.74 Å². The number of nitrogens with zero attached hydrogens (tertiary/aromatic N) is 1. The highest BCUT2D eigenvalue weighted by atomic mass is 35.5. The summed E-state index contributed by atoms with van der Waals surface area (Å²) in [6.07, 6.45) is 2.88. The highest BCUT2D eigenvalue weighted by Crippen LogP contribution is 2.33. The quantitative estimate of drug-likeness (QED) is 0.927. The molecule has 1 aromatic carbocycles. The zero-order valence-corrected chi connectivity index (χ0v) is 11.4. The summed E-state index contributed by atoms with van der Waals surface area (Å²) < 4.78 is 19.7. The van der Waals surface area contributed by atoms with Crippen LogP contribution in [0, 0.1) is 5.82 Å². The van der Waals surface area contributed by atoms with E-state index in [2.05, 4.69) is 5.32 Å². The molecule has 2 atom stereocenters. The van der Waals surface area contributed by atoms with Gasteiger partial charge in [0, 0.05) is 17.1 Å². The summed E-state index contributed by atoms with van der Waals surface area (Å²) in [5, 5.41) is 3.74. The van der Waals surface area contributed by atoms with Crippen molar-refractivity contribution in [2.45, 2.75) is 24.9 Å². The molecule has 0 radical (unpaired) electrons. The number of halogens is 2. The van der Waals surface area contributed by atoms with Crippen molar-refractivity contribution in [2.24, 2.45) is 0 Å². The van der Waals surface area contributed by atoms with E-state index in [1.165, 1.54) is 29.2 Å². The van der Waals surface area contributed by atoms with Crippen LogP contribution in [0.3, 0.4) is 0 Å². The average molecular weight is 297 g/mol. The van der Waals surface area contributed by atoms with Crippen LogP contribution in [0.2, 0.25) is 5.02 Å². The molecule has 1 aliphatic rings. The molecule has 0 amide bonds. The Bertz CT molecular complexity index is 667. The first-order valence-electron chi connectivity index (χ1n) is 6.50. The van der Waals surface area contributed by atoms with Crippen LogP contribution < -0.4 is 10.9 Å². The van der Waals surface area contributed by atoms with E-state index in [1.807, 2.05) is 0 Å². The molecule has 20 heavy (non-hydrogen) atoms. The molecule has 1 aromatic heterocycles. The predicted molar refractivity (Wildman–Crippen MR) is 73.4 cm³/mol. The second-order valence-electron chi connectivity index (χ2n) is 4.92. The zero-order valence-electron chi connectivity index (χ0n) is 10.7. The second kappa shape index (κ2) is 5.42. The molecule has 1 aliphatic heterocycles. The molecule has 1 N–H and O–H groups in total. The highest BCUT2D eigenvalue weighted by Gasteiger charge is 2.27. The molecular formula is C14H14ClFN2O2. The largest absolute Gasteiger partial charge is 0.384 e. The molecule has 0 saturated carbocycles. The molecule has 2 heterocycles. The van der Waals surface area contributed by atoms with Crippen molar-refractivity contribution in [1.29, 1.82) is 0 Å². The number of nitrogens with one attached hydrogen (secondary N) is 1. The fourth-order valence-electron chi connectivity index (χ4n) is 2.68. The molecule has 1 saturated heterocycles. The third-order valence-electron chi connectivity index (χ3n) is 3.65. The third kappa shape index (κ3) is 2.51. The van der Waals surface area contributed by atoms with E-state index in [4.69, 9.17) is 16.1 Å². The van der Waals surface area contributed by atoms with Crippen LogP contribution in [0.1, 0.15) is 30.5 Å². The monoisotopic (exact) mass is 296 g/mol. The molecule has 1 fully saturated rings. The third-order valence-corrected chi connectivity index (χ3v) is 3.98. The van der Waals surface area contributed by atoms with Gasteiger partial charge in [0.2, 0.25) is 0 Å². The van der Waals surface area contributed by atoms with E-state index < -0.39 is 0 Å². The number of hydrogen-bond acceptors (Lipinski definition) is 3. The Morgan fingerprint density at radius 2 is 2.25 bits per heavy atom. The minimum atomic E-state index is -0.353. The maximum absolute atomic E-state index is 13.1. The first-order valence-corrected chi connectivity index (χ1v) is 6.88. The van der Waals surface area contributed by atoms with Gasteiger partial charge in [0.1, 0.15) is 12.1 Å². The van der Waals surface area contributed by atoms with Crippen molar-refractivity contribution in [3.05, 3.63) is 57.3 Å². The molecule has 2 aromatic rings. The maximum Gasteiger partial charge on any atom is 0.282 e. The van der Waals surface area contributed by atoms with Gasteiger partial charge < -0.3 is 9.84 Å². The smallest absolute Gasteiger partial charge is 0.282 e. The normalized spacial score (nSPS) is 22.9. The molecule has 0 bridgehead atoms. The van der Waals surface area contributed by atoms with Crippen molar-refractivity contribution >= 4 is 11.6 Å². The van der Waals surface area contributed by atoms with Gasteiger partial charge in [-0.25, -0.2) is 4.39 Å². The summed E-state index contributed by atoms with van der Waals surface area (Å²) in [4.78, 5) is 11.6. The summed E-state index contributed by atoms with van der Waals surface area (Å²) in [5.41, 5.74) is 0.707. The van der Waals surface area contributed by atoms with Crippen LogP contribution in [0.25, 0.3) is 0 Å². The van der Waals surface area contributed by atoms with Gasteiger partial charge in [0.05, 0.1) is 6.04 Å². The molecule has 0 unspecified atom stereocenters. The Morgan fingerprint density at radius 1 is 1.40 bits per heavy atom. The summed E-state index contributed by atoms with van der Waals surface area (Å²) in [5.74, 6) is -0.353. The van der Waals surface area contributed by atoms with Crippen molar-refractivity contribution in [2.75, 3.05) is 6.54 Å². The van der Waals surface area contributed by atoms with Gasteiger partial charge in [0.15, 0.2) is 0 Å². The average Bonchev–Trinajstić information content (AvgIpc) is 2.85. The molecule has 0 aliphatic carbocycles. The minimum absolute atomic E-state index is 0.00938. The van der Waals surface area contributed by atoms with Crippen molar-refractivity contribution in [3.63, 3.8) is 0 Å². The fourth-order valence-corrected chi connectivity index (χ4v) is 2.98. The van der Waals surface area contributed by atoms with Crippen LogP contribution in [-0.2, 0) is 0 Å². The molecule has 0 spiro atoms. The number of rotatable bonds is 2. The van der Waals surface area contributed by atoms with E-state index in [9.17, 15) is 9.18 Å². The van der Waals surface area contributed by atoms with E-state index in [0.29, 0.717) is 11.4 Å². The molecule has 6 heteroatoms. The van der Waals surface area contributed by atoms with Gasteiger partial charge in [-0.3, -0.25) is 4.79 Å². The maximum atomic E-state index is 13.1. The van der Waals surface area contributed by atoms with Gasteiger partial charge in [-0.1, -0.05) is 17.7 Å². The summed E-state index contributed by atoms with van der Waals surface area (Å²) in [7, 11) is 0. The Labute approximate surface area is 120 Å². The van der Waals surface area contributed by atoms with Gasteiger partial charge in [-0.15, -0.1) is 0 Å².